The van der Waals surface area contributed by atoms with Gasteiger partial charge in [-0.2, -0.15) is 0 Å². The molecule has 1 N–H and O–H groups in total. The Morgan fingerprint density at radius 2 is 1.81 bits per heavy atom. The summed E-state index contributed by atoms with van der Waals surface area (Å²) in [6.45, 7) is 19.0. The molecule has 21 heavy (non-hydrogen) atoms. The van der Waals surface area contributed by atoms with Gasteiger partial charge in [0.05, 0.1) is 6.61 Å². The van der Waals surface area contributed by atoms with Crippen LogP contribution in [0, 0.1) is 5.41 Å². The summed E-state index contributed by atoms with van der Waals surface area (Å²) in [5, 5.41) is 3.85. The minimum absolute atomic E-state index is 0.297. The van der Waals surface area contributed by atoms with Gasteiger partial charge >= 0.3 is 0 Å². The average Bonchev–Trinajstić information content (AvgIpc) is 2.45. The summed E-state index contributed by atoms with van der Waals surface area (Å²) < 4.78 is 5.81. The third-order valence-electron chi connectivity index (χ3n) is 5.14. The van der Waals surface area contributed by atoms with Crippen LogP contribution in [0.15, 0.2) is 0 Å². The Kier molecular flexibility index (Phi) is 7.66. The molecule has 0 saturated carbocycles. The van der Waals surface area contributed by atoms with Crippen molar-refractivity contribution in [1.82, 2.24) is 10.2 Å². The highest BCUT2D eigenvalue weighted by Gasteiger charge is 2.40. The molecule has 1 rings (SSSR count). The average molecular weight is 299 g/mol. The summed E-state index contributed by atoms with van der Waals surface area (Å²) in [5.41, 5.74) is 0.606. The number of hydrogen-bond acceptors (Lipinski definition) is 3. The van der Waals surface area contributed by atoms with Crippen LogP contribution in [0.3, 0.4) is 0 Å². The molecule has 0 radical (unpaired) electrons. The lowest BCUT2D eigenvalue weighted by atomic mass is 9.80. The van der Waals surface area contributed by atoms with Crippen molar-refractivity contribution in [1.29, 1.82) is 0 Å². The molecule has 0 amide bonds. The van der Waals surface area contributed by atoms with E-state index in [1.807, 2.05) is 0 Å². The van der Waals surface area contributed by atoms with Crippen LogP contribution in [-0.2, 0) is 4.74 Å². The van der Waals surface area contributed by atoms with Gasteiger partial charge in [0.2, 0.25) is 0 Å². The quantitative estimate of drug-likeness (QED) is 0.692. The van der Waals surface area contributed by atoms with Gasteiger partial charge in [0.15, 0.2) is 0 Å². The number of hydrogen-bond donors (Lipinski definition) is 1. The van der Waals surface area contributed by atoms with Crippen molar-refractivity contribution in [3.8, 4) is 0 Å². The Morgan fingerprint density at radius 1 is 1.14 bits per heavy atom. The Morgan fingerprint density at radius 3 is 2.33 bits per heavy atom. The van der Waals surface area contributed by atoms with Gasteiger partial charge in [-0.15, -0.1) is 0 Å². The second-order valence-corrected chi connectivity index (χ2v) is 7.69. The topological polar surface area (TPSA) is 24.5 Å². The fourth-order valence-electron chi connectivity index (χ4n) is 3.34. The molecule has 1 fully saturated rings. The first kappa shape index (κ1) is 18.9. The van der Waals surface area contributed by atoms with Crippen molar-refractivity contribution in [2.75, 3.05) is 32.8 Å². The molecule has 126 valence electrons. The molecule has 0 aromatic carbocycles. The van der Waals surface area contributed by atoms with E-state index < -0.39 is 0 Å². The fraction of sp³-hybridized carbons (Fsp3) is 1.00. The van der Waals surface area contributed by atoms with Crippen LogP contribution < -0.4 is 5.32 Å². The number of ether oxygens (including phenoxy) is 1. The Balaban J connectivity index is 2.61. The molecule has 1 saturated heterocycles. The molecule has 1 atom stereocenters. The molecular weight excluding hydrogens is 260 g/mol. The predicted molar refractivity (Wildman–Crippen MR) is 91.9 cm³/mol. The van der Waals surface area contributed by atoms with Crippen molar-refractivity contribution in [3.05, 3.63) is 0 Å². The maximum Gasteiger partial charge on any atom is 0.0593 e. The van der Waals surface area contributed by atoms with E-state index in [9.17, 15) is 0 Å². The van der Waals surface area contributed by atoms with Gasteiger partial charge in [-0.3, -0.25) is 4.90 Å². The molecule has 3 nitrogen and oxygen atoms in total. The van der Waals surface area contributed by atoms with E-state index in [-0.39, 0.29) is 0 Å². The SMILES string of the molecule is CCCCOCCN1CC(CC)(CC)NCC1C(C)(C)C. The van der Waals surface area contributed by atoms with E-state index >= 15 is 0 Å². The van der Waals surface area contributed by atoms with Crippen molar-refractivity contribution < 1.29 is 4.74 Å². The fourth-order valence-corrected chi connectivity index (χ4v) is 3.34. The number of unbranched alkanes of at least 4 members (excludes halogenated alkanes) is 1. The smallest absolute Gasteiger partial charge is 0.0593 e. The van der Waals surface area contributed by atoms with Gasteiger partial charge in [0, 0.05) is 37.8 Å². The van der Waals surface area contributed by atoms with E-state index in [1.165, 1.54) is 25.7 Å². The monoisotopic (exact) mass is 298 g/mol. The lowest BCUT2D eigenvalue weighted by Crippen LogP contribution is -2.66. The molecule has 0 bridgehead atoms. The van der Waals surface area contributed by atoms with Crippen molar-refractivity contribution in [2.24, 2.45) is 5.41 Å². The molecule has 1 unspecified atom stereocenters. The number of nitrogens with one attached hydrogen (secondary N) is 1. The van der Waals surface area contributed by atoms with Crippen LogP contribution in [0.25, 0.3) is 0 Å². The maximum atomic E-state index is 5.81. The minimum atomic E-state index is 0.297. The first-order valence-corrected chi connectivity index (χ1v) is 8.95. The first-order chi connectivity index (χ1) is 9.88. The van der Waals surface area contributed by atoms with Gasteiger partial charge in [-0.25, -0.2) is 0 Å². The summed E-state index contributed by atoms with van der Waals surface area (Å²) in [4.78, 5) is 2.68. The van der Waals surface area contributed by atoms with Crippen molar-refractivity contribution in [3.63, 3.8) is 0 Å². The summed E-state index contributed by atoms with van der Waals surface area (Å²) >= 11 is 0. The molecule has 1 heterocycles. The number of nitrogens with zero attached hydrogens (tertiary/aromatic N) is 1. The third kappa shape index (κ3) is 5.54. The Bertz CT molecular complexity index is 281. The zero-order chi connectivity index (χ0) is 15.9. The van der Waals surface area contributed by atoms with Crippen LogP contribution in [-0.4, -0.2) is 49.3 Å². The molecule has 1 aliphatic heterocycles. The summed E-state index contributed by atoms with van der Waals surface area (Å²) in [6, 6.07) is 0.596. The lowest BCUT2D eigenvalue weighted by Gasteiger charge is -2.51. The van der Waals surface area contributed by atoms with Crippen molar-refractivity contribution in [2.45, 2.75) is 78.8 Å². The Labute approximate surface area is 132 Å². The third-order valence-corrected chi connectivity index (χ3v) is 5.14. The normalized spacial score (nSPS) is 23.4. The second-order valence-electron chi connectivity index (χ2n) is 7.69. The predicted octanol–water partition coefficient (Wildman–Crippen LogP) is 3.68. The van der Waals surface area contributed by atoms with Gasteiger partial charge in [-0.1, -0.05) is 48.0 Å². The first-order valence-electron chi connectivity index (χ1n) is 8.95. The number of rotatable bonds is 8. The molecule has 1 aliphatic rings. The molecule has 0 aliphatic carbocycles. The highest BCUT2D eigenvalue weighted by molar-refractivity contribution is 4.99. The van der Waals surface area contributed by atoms with Gasteiger partial charge in [0.1, 0.15) is 0 Å². The van der Waals surface area contributed by atoms with Gasteiger partial charge in [0.25, 0.3) is 0 Å². The van der Waals surface area contributed by atoms with Crippen LogP contribution in [0.2, 0.25) is 0 Å². The molecule has 3 heteroatoms. The van der Waals surface area contributed by atoms with Crippen LogP contribution in [0.1, 0.15) is 67.2 Å². The van der Waals surface area contributed by atoms with E-state index in [1.54, 1.807) is 0 Å². The van der Waals surface area contributed by atoms with Crippen LogP contribution >= 0.6 is 0 Å². The Hall–Kier alpha value is -0.120. The van der Waals surface area contributed by atoms with E-state index in [0.717, 1.165) is 32.8 Å². The highest BCUT2D eigenvalue weighted by Crippen LogP contribution is 2.31. The van der Waals surface area contributed by atoms with E-state index in [4.69, 9.17) is 4.74 Å². The standard InChI is InChI=1S/C18H38N2O/c1-7-10-12-21-13-11-20-15-18(8-2,9-3)19-14-16(20)17(4,5)6/h16,19H,7-15H2,1-6H3. The second kappa shape index (κ2) is 8.50. The minimum Gasteiger partial charge on any atom is -0.380 e. The van der Waals surface area contributed by atoms with Crippen LogP contribution in [0.4, 0.5) is 0 Å². The number of piperazine rings is 1. The molecule has 0 spiro atoms. The van der Waals surface area contributed by atoms with Crippen LogP contribution in [0.5, 0.6) is 0 Å². The van der Waals surface area contributed by atoms with E-state index in [0.29, 0.717) is 17.0 Å². The summed E-state index contributed by atoms with van der Waals surface area (Å²) in [5.74, 6) is 0. The zero-order valence-electron chi connectivity index (χ0n) is 15.3. The largest absolute Gasteiger partial charge is 0.380 e. The molecule has 0 aromatic heterocycles. The molecule has 0 aromatic rings. The maximum absolute atomic E-state index is 5.81. The lowest BCUT2D eigenvalue weighted by molar-refractivity contribution is -0.00219. The van der Waals surface area contributed by atoms with E-state index in [2.05, 4.69) is 51.8 Å². The highest BCUT2D eigenvalue weighted by atomic mass is 16.5. The van der Waals surface area contributed by atoms with Gasteiger partial charge in [-0.05, 0) is 24.7 Å². The van der Waals surface area contributed by atoms with Crippen molar-refractivity contribution >= 4 is 0 Å². The summed E-state index contributed by atoms with van der Waals surface area (Å²) in [7, 11) is 0. The summed E-state index contributed by atoms with van der Waals surface area (Å²) in [6.07, 6.45) is 4.80. The molecular formula is C18H38N2O. The zero-order valence-corrected chi connectivity index (χ0v) is 15.3. The van der Waals surface area contributed by atoms with Gasteiger partial charge < -0.3 is 10.1 Å².